The van der Waals surface area contributed by atoms with Crippen LogP contribution < -0.4 is 5.32 Å². The van der Waals surface area contributed by atoms with Crippen LogP contribution in [0.4, 0.5) is 5.88 Å². The molecule has 2 atom stereocenters. The third-order valence-corrected chi connectivity index (χ3v) is 6.51. The van der Waals surface area contributed by atoms with Gasteiger partial charge >= 0.3 is 0 Å². The molecule has 0 bridgehead atoms. The molecule has 0 unspecified atom stereocenters. The summed E-state index contributed by atoms with van der Waals surface area (Å²) in [4.78, 5) is 7.15. The fourth-order valence-electron chi connectivity index (χ4n) is 5.08. The summed E-state index contributed by atoms with van der Waals surface area (Å²) in [6, 6.07) is 17.1. The molecule has 2 fully saturated rings. The van der Waals surface area contributed by atoms with E-state index in [0.717, 1.165) is 22.9 Å². The van der Waals surface area contributed by atoms with Crippen LogP contribution >= 0.6 is 0 Å². The van der Waals surface area contributed by atoms with E-state index in [2.05, 4.69) is 39.5 Å². The Bertz CT molecular complexity index is 1040. The van der Waals surface area contributed by atoms with E-state index in [-0.39, 0.29) is 0 Å². The number of rotatable bonds is 4. The van der Waals surface area contributed by atoms with Crippen LogP contribution in [0, 0.1) is 17.2 Å². The van der Waals surface area contributed by atoms with Crippen LogP contribution in [0.15, 0.2) is 46.9 Å². The van der Waals surface area contributed by atoms with Crippen LogP contribution in [-0.4, -0.2) is 35.6 Å². The summed E-state index contributed by atoms with van der Waals surface area (Å²) in [7, 11) is 0. The molecular weight excluding hydrogens is 360 g/mol. The Balaban J connectivity index is 1.39. The van der Waals surface area contributed by atoms with Crippen LogP contribution in [-0.2, 0) is 0 Å². The standard InChI is InChI=1S/C24H26N4O/c25-15-21-24(26-16-18-9-6-14-28-13-4-3-12-22(18)28)29-23(27-21)20-11-5-8-17-7-1-2-10-19(17)20/h1-2,5,7-8,10-11,18,22,26H,3-4,6,9,12-14,16H2/t18-,22+/m1/s1. The topological polar surface area (TPSA) is 65.1 Å². The van der Waals surface area contributed by atoms with Crippen LogP contribution in [0.2, 0.25) is 0 Å². The zero-order chi connectivity index (χ0) is 19.6. The van der Waals surface area contributed by atoms with Crippen molar-refractivity contribution in [1.29, 1.82) is 5.26 Å². The smallest absolute Gasteiger partial charge is 0.232 e. The number of aromatic nitrogens is 1. The molecule has 5 nitrogen and oxygen atoms in total. The van der Waals surface area contributed by atoms with Crippen molar-refractivity contribution in [3.63, 3.8) is 0 Å². The van der Waals surface area contributed by atoms with Crippen LogP contribution in [0.5, 0.6) is 0 Å². The molecule has 2 aliphatic rings. The second kappa shape index (κ2) is 7.88. The Kier molecular flexibility index (Phi) is 4.95. The number of anilines is 1. The number of benzene rings is 2. The van der Waals surface area contributed by atoms with Gasteiger partial charge in [0.15, 0.2) is 0 Å². The Morgan fingerprint density at radius 2 is 1.93 bits per heavy atom. The molecule has 0 amide bonds. The van der Waals surface area contributed by atoms with E-state index < -0.39 is 0 Å². The maximum absolute atomic E-state index is 9.60. The normalized spacial score (nSPS) is 22.2. The molecule has 3 aromatic rings. The zero-order valence-electron chi connectivity index (χ0n) is 16.6. The summed E-state index contributed by atoms with van der Waals surface area (Å²) in [6.07, 6.45) is 6.43. The molecule has 3 heterocycles. The second-order valence-electron chi connectivity index (χ2n) is 8.22. The molecule has 148 valence electrons. The molecule has 29 heavy (non-hydrogen) atoms. The summed E-state index contributed by atoms with van der Waals surface area (Å²) in [6.45, 7) is 3.30. The number of hydrogen-bond acceptors (Lipinski definition) is 5. The first-order chi connectivity index (χ1) is 14.3. The molecular formula is C24H26N4O. The van der Waals surface area contributed by atoms with Crippen molar-refractivity contribution in [2.45, 2.75) is 38.1 Å². The van der Waals surface area contributed by atoms with Crippen LogP contribution in [0.1, 0.15) is 37.8 Å². The lowest BCUT2D eigenvalue weighted by Gasteiger charge is -2.44. The Morgan fingerprint density at radius 3 is 2.86 bits per heavy atom. The van der Waals surface area contributed by atoms with Gasteiger partial charge in [0, 0.05) is 18.2 Å². The van der Waals surface area contributed by atoms with Crippen molar-refractivity contribution in [2.75, 3.05) is 25.0 Å². The van der Waals surface area contributed by atoms with E-state index >= 15 is 0 Å². The Hall–Kier alpha value is -2.84. The maximum atomic E-state index is 9.60. The summed E-state index contributed by atoms with van der Waals surface area (Å²) in [5.41, 5.74) is 1.26. The van der Waals surface area contributed by atoms with Gasteiger partial charge in [-0.1, -0.05) is 42.8 Å². The molecule has 2 aliphatic heterocycles. The lowest BCUT2D eigenvalue weighted by Crippen LogP contribution is -2.49. The summed E-state index contributed by atoms with van der Waals surface area (Å²) in [5, 5.41) is 15.2. The van der Waals surface area contributed by atoms with E-state index in [0.29, 0.717) is 29.4 Å². The first-order valence-electron chi connectivity index (χ1n) is 10.7. The molecule has 5 heteroatoms. The fraction of sp³-hybridized carbons (Fsp3) is 0.417. The van der Waals surface area contributed by atoms with Gasteiger partial charge in [0.1, 0.15) is 6.07 Å². The number of nitriles is 1. The molecule has 0 spiro atoms. The second-order valence-corrected chi connectivity index (χ2v) is 8.22. The summed E-state index contributed by atoms with van der Waals surface area (Å²) in [5.74, 6) is 1.61. The van der Waals surface area contributed by atoms with Gasteiger partial charge in [-0.2, -0.15) is 10.2 Å². The molecule has 0 radical (unpaired) electrons. The van der Waals surface area contributed by atoms with E-state index in [4.69, 9.17) is 4.42 Å². The minimum atomic E-state index is 0.337. The van der Waals surface area contributed by atoms with Crippen molar-refractivity contribution in [3.05, 3.63) is 48.2 Å². The first kappa shape index (κ1) is 18.2. The van der Waals surface area contributed by atoms with Crippen molar-refractivity contribution in [2.24, 2.45) is 5.92 Å². The van der Waals surface area contributed by atoms with Gasteiger partial charge < -0.3 is 14.6 Å². The highest BCUT2D eigenvalue weighted by Gasteiger charge is 2.33. The number of oxazole rings is 1. The van der Waals surface area contributed by atoms with Crippen LogP contribution in [0.3, 0.4) is 0 Å². The predicted molar refractivity (Wildman–Crippen MR) is 115 cm³/mol. The summed E-state index contributed by atoms with van der Waals surface area (Å²) >= 11 is 0. The molecule has 2 aromatic carbocycles. The molecule has 2 saturated heterocycles. The molecule has 0 aliphatic carbocycles. The number of piperidine rings is 2. The van der Waals surface area contributed by atoms with Crippen molar-refractivity contribution in [1.82, 2.24) is 9.88 Å². The molecule has 1 aromatic heterocycles. The van der Waals surface area contributed by atoms with E-state index in [1.54, 1.807) is 0 Å². The average Bonchev–Trinajstić information content (AvgIpc) is 3.20. The number of hydrogen-bond donors (Lipinski definition) is 1. The SMILES string of the molecule is N#Cc1nc(-c2cccc3ccccc23)oc1NC[C@H]1CCCN2CCCC[C@@H]12. The molecule has 0 saturated carbocycles. The van der Waals surface area contributed by atoms with Crippen molar-refractivity contribution < 1.29 is 4.42 Å². The fourth-order valence-corrected chi connectivity index (χ4v) is 5.08. The highest BCUT2D eigenvalue weighted by molar-refractivity contribution is 5.94. The van der Waals surface area contributed by atoms with Gasteiger partial charge in [0.2, 0.25) is 17.5 Å². The lowest BCUT2D eigenvalue weighted by molar-refractivity contribution is 0.0647. The van der Waals surface area contributed by atoms with Gasteiger partial charge in [0.25, 0.3) is 0 Å². The minimum absolute atomic E-state index is 0.337. The van der Waals surface area contributed by atoms with Crippen LogP contribution in [0.25, 0.3) is 22.2 Å². The van der Waals surface area contributed by atoms with Crippen molar-refractivity contribution >= 4 is 16.7 Å². The lowest BCUT2D eigenvalue weighted by atomic mass is 9.83. The monoisotopic (exact) mass is 386 g/mol. The summed E-state index contributed by atoms with van der Waals surface area (Å²) < 4.78 is 6.07. The third kappa shape index (κ3) is 3.49. The largest absolute Gasteiger partial charge is 0.419 e. The van der Waals surface area contributed by atoms with E-state index in [1.165, 1.54) is 45.2 Å². The Labute approximate surface area is 171 Å². The maximum Gasteiger partial charge on any atom is 0.232 e. The number of nitrogens with one attached hydrogen (secondary N) is 1. The highest BCUT2D eigenvalue weighted by Crippen LogP contribution is 2.33. The third-order valence-electron chi connectivity index (χ3n) is 6.51. The van der Waals surface area contributed by atoms with Gasteiger partial charge in [-0.05, 0) is 61.5 Å². The average molecular weight is 386 g/mol. The highest BCUT2D eigenvalue weighted by atomic mass is 16.4. The molecule has 1 N–H and O–H groups in total. The quantitative estimate of drug-likeness (QED) is 0.680. The van der Waals surface area contributed by atoms with Gasteiger partial charge in [-0.15, -0.1) is 0 Å². The molecule has 5 rings (SSSR count). The van der Waals surface area contributed by atoms with Crippen molar-refractivity contribution in [3.8, 4) is 17.5 Å². The van der Waals surface area contributed by atoms with E-state index in [9.17, 15) is 5.26 Å². The van der Waals surface area contributed by atoms with Gasteiger partial charge in [0.05, 0.1) is 0 Å². The zero-order valence-corrected chi connectivity index (χ0v) is 16.6. The number of nitrogens with zero attached hydrogens (tertiary/aromatic N) is 3. The van der Waals surface area contributed by atoms with Gasteiger partial charge in [-0.25, -0.2) is 0 Å². The predicted octanol–water partition coefficient (Wildman–Crippen LogP) is 5.04. The minimum Gasteiger partial charge on any atom is -0.419 e. The Morgan fingerprint density at radius 1 is 1.07 bits per heavy atom. The van der Waals surface area contributed by atoms with Gasteiger partial charge in [-0.3, -0.25) is 0 Å². The first-order valence-corrected chi connectivity index (χ1v) is 10.7. The number of fused-ring (bicyclic) bond motifs is 2. The van der Waals surface area contributed by atoms with E-state index in [1.807, 2.05) is 24.3 Å².